The van der Waals surface area contributed by atoms with Gasteiger partial charge in [0.05, 0.1) is 11.8 Å². The van der Waals surface area contributed by atoms with Crippen LogP contribution in [-0.2, 0) is 4.79 Å². The molecular weight excluding hydrogens is 282 g/mol. The lowest BCUT2D eigenvalue weighted by Gasteiger charge is -2.16. The van der Waals surface area contributed by atoms with Crippen LogP contribution in [0.2, 0.25) is 0 Å². The zero-order valence-electron chi connectivity index (χ0n) is 9.19. The maximum absolute atomic E-state index is 12.0. The molecule has 0 fully saturated rings. The average molecular weight is 294 g/mol. The van der Waals surface area contributed by atoms with Gasteiger partial charge in [-0.25, -0.2) is 0 Å². The molecule has 0 radical (unpaired) electrons. The highest BCUT2D eigenvalue weighted by molar-refractivity contribution is 9.10. The monoisotopic (exact) mass is 293 g/mol. The van der Waals surface area contributed by atoms with Gasteiger partial charge in [0.1, 0.15) is 6.04 Å². The quantitative estimate of drug-likeness (QED) is 0.868. The molecular formula is C12H12BrN3O. The van der Waals surface area contributed by atoms with E-state index >= 15 is 0 Å². The third-order valence-electron chi connectivity index (χ3n) is 2.82. The minimum atomic E-state index is -0.569. The van der Waals surface area contributed by atoms with Crippen LogP contribution in [0.3, 0.4) is 0 Å². The van der Waals surface area contributed by atoms with E-state index in [1.807, 2.05) is 18.2 Å². The number of unbranched alkanes of at least 4 members (excludes halogenated alkanes) is 1. The number of nitriles is 1. The lowest BCUT2D eigenvalue weighted by atomic mass is 10.1. The van der Waals surface area contributed by atoms with Gasteiger partial charge in [0.15, 0.2) is 0 Å². The van der Waals surface area contributed by atoms with Crippen molar-refractivity contribution in [2.75, 3.05) is 11.4 Å². The van der Waals surface area contributed by atoms with Gasteiger partial charge in [0.25, 0.3) is 0 Å². The third-order valence-corrected chi connectivity index (χ3v) is 3.31. The molecule has 1 atom stereocenters. The summed E-state index contributed by atoms with van der Waals surface area (Å²) in [5.74, 6) is -0.0870. The summed E-state index contributed by atoms with van der Waals surface area (Å²) in [6.45, 7) is 0.545. The Morgan fingerprint density at radius 2 is 2.29 bits per heavy atom. The van der Waals surface area contributed by atoms with Crippen molar-refractivity contribution in [3.63, 3.8) is 0 Å². The van der Waals surface area contributed by atoms with E-state index in [1.165, 1.54) is 0 Å². The first-order valence-corrected chi connectivity index (χ1v) is 6.18. The molecule has 1 amide bonds. The van der Waals surface area contributed by atoms with Crippen molar-refractivity contribution in [3.8, 4) is 6.07 Å². The molecule has 0 saturated carbocycles. The van der Waals surface area contributed by atoms with E-state index < -0.39 is 6.04 Å². The Hall–Kier alpha value is -1.38. The second-order valence-corrected chi connectivity index (χ2v) is 4.85. The van der Waals surface area contributed by atoms with E-state index in [4.69, 9.17) is 11.0 Å². The number of amides is 1. The minimum absolute atomic E-state index is 0.0870. The van der Waals surface area contributed by atoms with Gasteiger partial charge in [-0.3, -0.25) is 4.79 Å². The molecule has 2 N–H and O–H groups in total. The molecule has 0 saturated heterocycles. The van der Waals surface area contributed by atoms with Crippen molar-refractivity contribution in [2.24, 2.45) is 5.73 Å². The number of carbonyl (C=O) groups excluding carboxylic acids is 1. The molecule has 0 bridgehead atoms. The van der Waals surface area contributed by atoms with Crippen LogP contribution < -0.4 is 10.6 Å². The van der Waals surface area contributed by atoms with Crippen LogP contribution in [0.4, 0.5) is 5.69 Å². The van der Waals surface area contributed by atoms with Crippen LogP contribution in [0, 0.1) is 11.3 Å². The summed E-state index contributed by atoms with van der Waals surface area (Å²) in [6.07, 6.45) is 1.11. The largest absolute Gasteiger partial charge is 0.316 e. The molecule has 2 rings (SSSR count). The highest BCUT2D eigenvalue weighted by Gasteiger charge is 2.34. The van der Waals surface area contributed by atoms with Crippen molar-refractivity contribution in [3.05, 3.63) is 28.2 Å². The van der Waals surface area contributed by atoms with Gasteiger partial charge < -0.3 is 10.6 Å². The number of anilines is 1. The number of halogens is 1. The highest BCUT2D eigenvalue weighted by Crippen LogP contribution is 2.36. The Morgan fingerprint density at radius 3 is 3.00 bits per heavy atom. The van der Waals surface area contributed by atoms with Gasteiger partial charge >= 0.3 is 0 Å². The van der Waals surface area contributed by atoms with Crippen molar-refractivity contribution in [1.29, 1.82) is 5.26 Å². The average Bonchev–Trinajstić information content (AvgIpc) is 2.54. The SMILES string of the molecule is N#CCCCN1C(=O)C(N)c2ccc(Br)cc21. The summed E-state index contributed by atoms with van der Waals surface area (Å²) in [5.41, 5.74) is 7.58. The molecule has 0 aliphatic carbocycles. The summed E-state index contributed by atoms with van der Waals surface area (Å²) in [6, 6.07) is 7.15. The van der Waals surface area contributed by atoms with E-state index in [2.05, 4.69) is 22.0 Å². The third kappa shape index (κ3) is 2.19. The van der Waals surface area contributed by atoms with Gasteiger partial charge in [-0.15, -0.1) is 0 Å². The van der Waals surface area contributed by atoms with E-state index in [1.54, 1.807) is 4.90 Å². The Labute approximate surface area is 108 Å². The Bertz CT molecular complexity index is 495. The van der Waals surface area contributed by atoms with Crippen molar-refractivity contribution in [2.45, 2.75) is 18.9 Å². The molecule has 17 heavy (non-hydrogen) atoms. The number of rotatable bonds is 3. The number of nitrogens with zero attached hydrogens (tertiary/aromatic N) is 2. The lowest BCUT2D eigenvalue weighted by Crippen LogP contribution is -2.32. The zero-order chi connectivity index (χ0) is 12.4. The summed E-state index contributed by atoms with van der Waals surface area (Å²) in [4.78, 5) is 13.6. The van der Waals surface area contributed by atoms with Crippen LogP contribution in [0.1, 0.15) is 24.4 Å². The number of carbonyl (C=O) groups is 1. The van der Waals surface area contributed by atoms with E-state index in [0.717, 1.165) is 15.7 Å². The molecule has 88 valence electrons. The van der Waals surface area contributed by atoms with Gasteiger partial charge in [0.2, 0.25) is 5.91 Å². The second kappa shape index (κ2) is 4.86. The maximum atomic E-state index is 12.0. The normalized spacial score (nSPS) is 18.1. The standard InChI is InChI=1S/C12H12BrN3O/c13-8-3-4-9-10(7-8)16(6-2-1-5-14)12(17)11(9)15/h3-4,7,11H,1-2,6,15H2. The first-order valence-electron chi connectivity index (χ1n) is 5.38. The molecule has 1 aromatic rings. The van der Waals surface area contributed by atoms with Gasteiger partial charge in [-0.1, -0.05) is 22.0 Å². The number of nitrogens with two attached hydrogens (primary N) is 1. The fourth-order valence-corrected chi connectivity index (χ4v) is 2.33. The van der Waals surface area contributed by atoms with E-state index in [9.17, 15) is 4.79 Å². The Kier molecular flexibility index (Phi) is 3.46. The minimum Gasteiger partial charge on any atom is -0.316 e. The van der Waals surface area contributed by atoms with Crippen molar-refractivity contribution in [1.82, 2.24) is 0 Å². The summed E-state index contributed by atoms with van der Waals surface area (Å²) < 4.78 is 0.920. The van der Waals surface area contributed by atoms with Crippen LogP contribution in [0.5, 0.6) is 0 Å². The summed E-state index contributed by atoms with van der Waals surface area (Å²) in [7, 11) is 0. The fourth-order valence-electron chi connectivity index (χ4n) is 1.98. The van der Waals surface area contributed by atoms with E-state index in [-0.39, 0.29) is 5.91 Å². The molecule has 5 heteroatoms. The first-order chi connectivity index (χ1) is 8.15. The molecule has 0 aromatic heterocycles. The fraction of sp³-hybridized carbons (Fsp3) is 0.333. The molecule has 1 heterocycles. The molecule has 0 spiro atoms. The van der Waals surface area contributed by atoms with Crippen molar-refractivity contribution >= 4 is 27.5 Å². The predicted octanol–water partition coefficient (Wildman–Crippen LogP) is 2.10. The number of benzene rings is 1. The topological polar surface area (TPSA) is 70.1 Å². The van der Waals surface area contributed by atoms with Gasteiger partial charge in [0, 0.05) is 23.0 Å². The van der Waals surface area contributed by atoms with Crippen LogP contribution >= 0.6 is 15.9 Å². The van der Waals surface area contributed by atoms with Crippen LogP contribution in [0.15, 0.2) is 22.7 Å². The smallest absolute Gasteiger partial charge is 0.248 e. The summed E-state index contributed by atoms with van der Waals surface area (Å²) in [5, 5.41) is 8.51. The van der Waals surface area contributed by atoms with Crippen LogP contribution in [0.25, 0.3) is 0 Å². The second-order valence-electron chi connectivity index (χ2n) is 3.93. The number of hydrogen-bond donors (Lipinski definition) is 1. The molecule has 1 aliphatic rings. The molecule has 1 aromatic carbocycles. The van der Waals surface area contributed by atoms with E-state index in [0.29, 0.717) is 19.4 Å². The van der Waals surface area contributed by atoms with Crippen molar-refractivity contribution < 1.29 is 4.79 Å². The van der Waals surface area contributed by atoms with Crippen LogP contribution in [-0.4, -0.2) is 12.5 Å². The maximum Gasteiger partial charge on any atom is 0.248 e. The first kappa shape index (κ1) is 12.1. The Balaban J connectivity index is 2.27. The molecule has 1 aliphatic heterocycles. The Morgan fingerprint density at radius 1 is 1.53 bits per heavy atom. The number of fused-ring (bicyclic) bond motifs is 1. The lowest BCUT2D eigenvalue weighted by molar-refractivity contribution is -0.119. The summed E-state index contributed by atoms with van der Waals surface area (Å²) >= 11 is 3.38. The van der Waals surface area contributed by atoms with Gasteiger partial charge in [-0.05, 0) is 18.6 Å². The number of hydrogen-bond acceptors (Lipinski definition) is 3. The molecule has 4 nitrogen and oxygen atoms in total. The highest BCUT2D eigenvalue weighted by atomic mass is 79.9. The van der Waals surface area contributed by atoms with Gasteiger partial charge in [-0.2, -0.15) is 5.26 Å². The zero-order valence-corrected chi connectivity index (χ0v) is 10.8. The molecule has 1 unspecified atom stereocenters. The predicted molar refractivity (Wildman–Crippen MR) is 68.3 cm³/mol.